The van der Waals surface area contributed by atoms with Crippen molar-refractivity contribution < 1.29 is 9.90 Å². The minimum Gasteiger partial charge on any atom is -0.478 e. The molecule has 82 valence electrons. The van der Waals surface area contributed by atoms with Crippen LogP contribution in [0.4, 0.5) is 0 Å². The molecule has 0 aliphatic carbocycles. The van der Waals surface area contributed by atoms with E-state index >= 15 is 0 Å². The van der Waals surface area contributed by atoms with E-state index in [2.05, 4.69) is 5.32 Å². The molecular formula is C11H16N2O2. The van der Waals surface area contributed by atoms with Gasteiger partial charge < -0.3 is 16.2 Å². The van der Waals surface area contributed by atoms with E-state index in [-0.39, 0.29) is 0 Å². The molecule has 4 heteroatoms. The van der Waals surface area contributed by atoms with Crippen molar-refractivity contribution >= 4 is 5.97 Å². The topological polar surface area (TPSA) is 75.3 Å². The Balaban J connectivity index is 2.47. The van der Waals surface area contributed by atoms with Crippen molar-refractivity contribution in [1.29, 1.82) is 0 Å². The number of hydrogen-bond acceptors (Lipinski definition) is 3. The number of carboxylic acid groups (broad SMARTS) is 1. The Labute approximate surface area is 89.1 Å². The third-order valence-corrected chi connectivity index (χ3v) is 2.06. The van der Waals surface area contributed by atoms with Gasteiger partial charge in [-0.05, 0) is 37.2 Å². The van der Waals surface area contributed by atoms with Gasteiger partial charge in [-0.15, -0.1) is 0 Å². The van der Waals surface area contributed by atoms with Gasteiger partial charge in [0.15, 0.2) is 0 Å². The number of aromatic carboxylic acids is 1. The van der Waals surface area contributed by atoms with Gasteiger partial charge in [0, 0.05) is 6.54 Å². The first-order chi connectivity index (χ1) is 7.24. The van der Waals surface area contributed by atoms with Crippen molar-refractivity contribution in [3.63, 3.8) is 0 Å². The van der Waals surface area contributed by atoms with Crippen LogP contribution in [0.3, 0.4) is 0 Å². The molecule has 0 radical (unpaired) electrons. The molecule has 0 aromatic heterocycles. The van der Waals surface area contributed by atoms with Gasteiger partial charge >= 0.3 is 5.97 Å². The third kappa shape index (κ3) is 4.10. The Bertz CT molecular complexity index is 326. The molecule has 0 aliphatic rings. The number of rotatable bonds is 6. The molecule has 1 aromatic rings. The van der Waals surface area contributed by atoms with Crippen LogP contribution < -0.4 is 11.1 Å². The molecule has 0 fully saturated rings. The smallest absolute Gasteiger partial charge is 0.335 e. The minimum absolute atomic E-state index is 0.327. The molecule has 0 atom stereocenters. The van der Waals surface area contributed by atoms with Crippen molar-refractivity contribution in [3.8, 4) is 0 Å². The van der Waals surface area contributed by atoms with E-state index in [1.165, 1.54) is 0 Å². The molecule has 4 N–H and O–H groups in total. The van der Waals surface area contributed by atoms with E-state index in [1.54, 1.807) is 18.2 Å². The number of carboxylic acids is 1. The lowest BCUT2D eigenvalue weighted by Gasteiger charge is -2.04. The predicted octanol–water partition coefficient (Wildman–Crippen LogP) is 0.823. The fourth-order valence-corrected chi connectivity index (χ4v) is 1.27. The van der Waals surface area contributed by atoms with Crippen molar-refractivity contribution in [2.45, 2.75) is 13.0 Å². The maximum absolute atomic E-state index is 10.7. The zero-order valence-corrected chi connectivity index (χ0v) is 8.57. The second-order valence-corrected chi connectivity index (χ2v) is 3.32. The quantitative estimate of drug-likeness (QED) is 0.605. The third-order valence-electron chi connectivity index (χ3n) is 2.06. The highest BCUT2D eigenvalue weighted by Crippen LogP contribution is 2.04. The molecular weight excluding hydrogens is 192 g/mol. The molecule has 0 saturated heterocycles. The summed E-state index contributed by atoms with van der Waals surface area (Å²) in [5.41, 5.74) is 6.66. The molecule has 0 aliphatic heterocycles. The normalized spacial score (nSPS) is 10.2. The zero-order chi connectivity index (χ0) is 11.1. The lowest BCUT2D eigenvalue weighted by molar-refractivity contribution is 0.0697. The molecule has 15 heavy (non-hydrogen) atoms. The van der Waals surface area contributed by atoms with E-state index in [0.717, 1.165) is 18.5 Å². The lowest BCUT2D eigenvalue weighted by Crippen LogP contribution is -2.17. The Morgan fingerprint density at radius 2 is 2.27 bits per heavy atom. The van der Waals surface area contributed by atoms with Crippen molar-refractivity contribution in [1.82, 2.24) is 5.32 Å². The van der Waals surface area contributed by atoms with Crippen LogP contribution in [0, 0.1) is 0 Å². The number of nitrogens with two attached hydrogens (primary N) is 1. The molecule has 1 rings (SSSR count). The van der Waals surface area contributed by atoms with Crippen molar-refractivity contribution in [2.24, 2.45) is 5.73 Å². The first kappa shape index (κ1) is 11.7. The van der Waals surface area contributed by atoms with E-state index in [1.807, 2.05) is 6.07 Å². The Kier molecular flexibility index (Phi) is 4.80. The van der Waals surface area contributed by atoms with Gasteiger partial charge in [0.05, 0.1) is 5.56 Å². The van der Waals surface area contributed by atoms with Crippen LogP contribution in [0.5, 0.6) is 0 Å². The average molecular weight is 208 g/mol. The maximum atomic E-state index is 10.7. The van der Waals surface area contributed by atoms with Gasteiger partial charge in [0.25, 0.3) is 0 Å². The molecule has 4 nitrogen and oxygen atoms in total. The average Bonchev–Trinajstić information content (AvgIpc) is 2.25. The molecule has 0 bridgehead atoms. The van der Waals surface area contributed by atoms with Crippen molar-refractivity contribution in [2.75, 3.05) is 13.1 Å². The van der Waals surface area contributed by atoms with Crippen LogP contribution in [0.25, 0.3) is 0 Å². The van der Waals surface area contributed by atoms with Gasteiger partial charge in [0.1, 0.15) is 0 Å². The van der Waals surface area contributed by atoms with E-state index in [4.69, 9.17) is 10.8 Å². The van der Waals surface area contributed by atoms with Gasteiger partial charge in [0.2, 0.25) is 0 Å². The Morgan fingerprint density at radius 3 is 2.93 bits per heavy atom. The highest BCUT2D eigenvalue weighted by molar-refractivity contribution is 5.87. The standard InChI is InChI=1S/C11H16N2O2/c12-5-2-6-13-8-9-3-1-4-10(7-9)11(14)15/h1,3-4,7,13H,2,5-6,8,12H2,(H,14,15). The molecule has 0 saturated carbocycles. The van der Waals surface area contributed by atoms with Gasteiger partial charge in [-0.25, -0.2) is 4.79 Å². The summed E-state index contributed by atoms with van der Waals surface area (Å²) < 4.78 is 0. The lowest BCUT2D eigenvalue weighted by atomic mass is 10.1. The van der Waals surface area contributed by atoms with Crippen LogP contribution in [-0.2, 0) is 6.54 Å². The monoisotopic (exact) mass is 208 g/mol. The van der Waals surface area contributed by atoms with Gasteiger partial charge in [-0.2, -0.15) is 0 Å². The number of hydrogen-bond donors (Lipinski definition) is 3. The minimum atomic E-state index is -0.890. The fourth-order valence-electron chi connectivity index (χ4n) is 1.27. The molecule has 0 unspecified atom stereocenters. The predicted molar refractivity (Wildman–Crippen MR) is 58.8 cm³/mol. The number of nitrogens with one attached hydrogen (secondary N) is 1. The second kappa shape index (κ2) is 6.16. The largest absolute Gasteiger partial charge is 0.478 e. The summed E-state index contributed by atoms with van der Waals surface area (Å²) in [6, 6.07) is 6.93. The van der Waals surface area contributed by atoms with E-state index < -0.39 is 5.97 Å². The first-order valence-electron chi connectivity index (χ1n) is 4.97. The Hall–Kier alpha value is -1.39. The highest BCUT2D eigenvalue weighted by atomic mass is 16.4. The molecule has 0 amide bonds. The molecule has 1 aromatic carbocycles. The fraction of sp³-hybridized carbons (Fsp3) is 0.364. The van der Waals surface area contributed by atoms with Crippen LogP contribution >= 0.6 is 0 Å². The second-order valence-electron chi connectivity index (χ2n) is 3.32. The summed E-state index contributed by atoms with van der Waals surface area (Å²) >= 11 is 0. The van der Waals surface area contributed by atoms with Crippen LogP contribution in [0.2, 0.25) is 0 Å². The molecule has 0 heterocycles. The van der Waals surface area contributed by atoms with Gasteiger partial charge in [-0.3, -0.25) is 0 Å². The number of benzene rings is 1. The Morgan fingerprint density at radius 1 is 1.47 bits per heavy atom. The van der Waals surface area contributed by atoms with E-state index in [0.29, 0.717) is 18.7 Å². The van der Waals surface area contributed by atoms with Crippen molar-refractivity contribution in [3.05, 3.63) is 35.4 Å². The summed E-state index contributed by atoms with van der Waals surface area (Å²) in [6.45, 7) is 2.21. The van der Waals surface area contributed by atoms with Gasteiger partial charge in [-0.1, -0.05) is 12.1 Å². The van der Waals surface area contributed by atoms with Crippen LogP contribution in [0.1, 0.15) is 22.3 Å². The maximum Gasteiger partial charge on any atom is 0.335 e. The highest BCUT2D eigenvalue weighted by Gasteiger charge is 2.02. The zero-order valence-electron chi connectivity index (χ0n) is 8.57. The summed E-state index contributed by atoms with van der Waals surface area (Å²) in [6.07, 6.45) is 0.929. The summed E-state index contributed by atoms with van der Waals surface area (Å²) in [4.78, 5) is 10.7. The molecule has 0 spiro atoms. The summed E-state index contributed by atoms with van der Waals surface area (Å²) in [5.74, 6) is -0.890. The first-order valence-corrected chi connectivity index (χ1v) is 4.97. The number of carbonyl (C=O) groups is 1. The van der Waals surface area contributed by atoms with Crippen LogP contribution in [-0.4, -0.2) is 24.2 Å². The summed E-state index contributed by atoms with van der Waals surface area (Å²) in [7, 11) is 0. The summed E-state index contributed by atoms with van der Waals surface area (Å²) in [5, 5.41) is 12.0. The SMILES string of the molecule is NCCCNCc1cccc(C(=O)O)c1. The van der Waals surface area contributed by atoms with Crippen LogP contribution in [0.15, 0.2) is 24.3 Å². The van der Waals surface area contributed by atoms with E-state index in [9.17, 15) is 4.79 Å².